The highest BCUT2D eigenvalue weighted by atomic mass is 32.2. The molecule has 2 aromatic rings. The van der Waals surface area contributed by atoms with Crippen molar-refractivity contribution in [2.45, 2.75) is 9.24 Å². The quantitative estimate of drug-likeness (QED) is 0.713. The number of carbonyl (C=O) groups excluding carboxylic acids is 2. The molecule has 1 fully saturated rings. The minimum atomic E-state index is -0.0330. The third-order valence-electron chi connectivity index (χ3n) is 4.18. The highest BCUT2D eigenvalue weighted by molar-refractivity contribution is 8.01. The van der Waals surface area contributed by atoms with Crippen LogP contribution in [0.3, 0.4) is 0 Å². The van der Waals surface area contributed by atoms with E-state index in [2.05, 4.69) is 20.4 Å². The Labute approximate surface area is 170 Å². The molecular formula is C17H21N5O2S3. The first-order chi connectivity index (χ1) is 13.1. The van der Waals surface area contributed by atoms with E-state index in [1.807, 2.05) is 35.4 Å². The summed E-state index contributed by atoms with van der Waals surface area (Å²) in [5, 5.41) is 11.8. The molecule has 7 nitrogen and oxygen atoms in total. The second-order valence-electron chi connectivity index (χ2n) is 5.79. The van der Waals surface area contributed by atoms with Crippen LogP contribution in [0.4, 0.5) is 5.13 Å². The first-order valence-corrected chi connectivity index (χ1v) is 11.5. The highest BCUT2D eigenvalue weighted by Crippen LogP contribution is 2.29. The van der Waals surface area contributed by atoms with Gasteiger partial charge >= 0.3 is 0 Å². The highest BCUT2D eigenvalue weighted by Gasteiger charge is 2.25. The van der Waals surface area contributed by atoms with E-state index in [1.165, 1.54) is 23.1 Å². The SMILES string of the molecule is CNC(=O)CSc1nnc(N2CCN(C(=O)c3ccccc3SC)CC2)s1. The van der Waals surface area contributed by atoms with Crippen LogP contribution >= 0.6 is 34.9 Å². The summed E-state index contributed by atoms with van der Waals surface area (Å²) in [7, 11) is 1.62. The average molecular weight is 424 g/mol. The lowest BCUT2D eigenvalue weighted by molar-refractivity contribution is -0.118. The van der Waals surface area contributed by atoms with Crippen LogP contribution in [0.2, 0.25) is 0 Å². The van der Waals surface area contributed by atoms with Crippen LogP contribution in [-0.4, -0.2) is 72.1 Å². The van der Waals surface area contributed by atoms with Crippen molar-refractivity contribution in [2.24, 2.45) is 0 Å². The van der Waals surface area contributed by atoms with Crippen LogP contribution in [0.1, 0.15) is 10.4 Å². The number of benzene rings is 1. The van der Waals surface area contributed by atoms with E-state index >= 15 is 0 Å². The molecule has 144 valence electrons. The van der Waals surface area contributed by atoms with Crippen LogP contribution in [0.5, 0.6) is 0 Å². The molecule has 0 unspecified atom stereocenters. The van der Waals surface area contributed by atoms with Crippen molar-refractivity contribution in [1.82, 2.24) is 20.4 Å². The lowest BCUT2D eigenvalue weighted by atomic mass is 10.2. The minimum absolute atomic E-state index is 0.0330. The fourth-order valence-electron chi connectivity index (χ4n) is 2.68. The van der Waals surface area contributed by atoms with Crippen molar-refractivity contribution in [3.05, 3.63) is 29.8 Å². The lowest BCUT2D eigenvalue weighted by Crippen LogP contribution is -2.48. The van der Waals surface area contributed by atoms with Crippen LogP contribution in [0.25, 0.3) is 0 Å². The molecule has 0 radical (unpaired) electrons. The Morgan fingerprint density at radius 2 is 1.93 bits per heavy atom. The average Bonchev–Trinajstić information content (AvgIpc) is 3.20. The van der Waals surface area contributed by atoms with Crippen molar-refractivity contribution in [3.63, 3.8) is 0 Å². The first kappa shape index (κ1) is 20.0. The molecule has 2 amide bonds. The van der Waals surface area contributed by atoms with Crippen LogP contribution in [-0.2, 0) is 4.79 Å². The molecular weight excluding hydrogens is 402 g/mol. The molecule has 0 spiro atoms. The van der Waals surface area contributed by atoms with Gasteiger partial charge in [0.05, 0.1) is 11.3 Å². The maximum Gasteiger partial charge on any atom is 0.255 e. The van der Waals surface area contributed by atoms with Crippen molar-refractivity contribution < 1.29 is 9.59 Å². The third kappa shape index (κ3) is 4.94. The molecule has 27 heavy (non-hydrogen) atoms. The maximum atomic E-state index is 12.8. The number of hydrogen-bond donors (Lipinski definition) is 1. The second-order valence-corrected chi connectivity index (χ2v) is 8.82. The zero-order chi connectivity index (χ0) is 19.2. The number of rotatable bonds is 6. The molecule has 2 heterocycles. The van der Waals surface area contributed by atoms with E-state index in [4.69, 9.17) is 0 Å². The van der Waals surface area contributed by atoms with Gasteiger partial charge in [-0.3, -0.25) is 9.59 Å². The maximum absolute atomic E-state index is 12.8. The Bertz CT molecular complexity index is 805. The normalized spacial score (nSPS) is 14.3. The van der Waals surface area contributed by atoms with Crippen molar-refractivity contribution in [2.75, 3.05) is 50.1 Å². The molecule has 0 atom stereocenters. The predicted molar refractivity (Wildman–Crippen MR) is 111 cm³/mol. The minimum Gasteiger partial charge on any atom is -0.358 e. The molecule has 1 aliphatic rings. The summed E-state index contributed by atoms with van der Waals surface area (Å²) in [6.07, 6.45) is 1.99. The Morgan fingerprint density at radius 3 is 2.63 bits per heavy atom. The van der Waals surface area contributed by atoms with Crippen molar-refractivity contribution in [1.29, 1.82) is 0 Å². The molecule has 10 heteroatoms. The van der Waals surface area contributed by atoms with Crippen LogP contribution < -0.4 is 10.2 Å². The van der Waals surface area contributed by atoms with Crippen molar-refractivity contribution >= 4 is 51.8 Å². The topological polar surface area (TPSA) is 78.4 Å². The number of anilines is 1. The number of nitrogens with zero attached hydrogens (tertiary/aromatic N) is 4. The molecule has 0 aliphatic carbocycles. The lowest BCUT2D eigenvalue weighted by Gasteiger charge is -2.34. The summed E-state index contributed by atoms with van der Waals surface area (Å²) in [6, 6.07) is 7.73. The Hall–Kier alpha value is -1.78. The summed E-state index contributed by atoms with van der Waals surface area (Å²) in [5.41, 5.74) is 0.766. The second kappa shape index (κ2) is 9.43. The van der Waals surface area contributed by atoms with E-state index in [9.17, 15) is 9.59 Å². The van der Waals surface area contributed by atoms with Crippen LogP contribution in [0.15, 0.2) is 33.5 Å². The summed E-state index contributed by atoms with van der Waals surface area (Å²) >= 11 is 4.46. The molecule has 1 saturated heterocycles. The molecule has 1 aromatic carbocycles. The molecule has 1 aromatic heterocycles. The van der Waals surface area contributed by atoms with Gasteiger partial charge < -0.3 is 15.1 Å². The zero-order valence-corrected chi connectivity index (χ0v) is 17.6. The fourth-order valence-corrected chi connectivity index (χ4v) is 5.04. The number of piperazine rings is 1. The number of thioether (sulfide) groups is 2. The Balaban J connectivity index is 1.57. The third-order valence-corrected chi connectivity index (χ3v) is 7.09. The van der Waals surface area contributed by atoms with Gasteiger partial charge in [0.1, 0.15) is 0 Å². The summed E-state index contributed by atoms with van der Waals surface area (Å²) in [6.45, 7) is 2.76. The van der Waals surface area contributed by atoms with Gasteiger partial charge in [0.15, 0.2) is 4.34 Å². The van der Waals surface area contributed by atoms with Crippen molar-refractivity contribution in [3.8, 4) is 0 Å². The predicted octanol–water partition coefficient (Wildman–Crippen LogP) is 2.06. The zero-order valence-electron chi connectivity index (χ0n) is 15.2. The Kier molecular flexibility index (Phi) is 6.97. The molecule has 1 aliphatic heterocycles. The molecule has 1 N–H and O–H groups in total. The molecule has 3 rings (SSSR count). The van der Waals surface area contributed by atoms with Gasteiger partial charge in [-0.1, -0.05) is 35.2 Å². The van der Waals surface area contributed by atoms with E-state index < -0.39 is 0 Å². The Morgan fingerprint density at radius 1 is 1.19 bits per heavy atom. The van der Waals surface area contributed by atoms with Gasteiger partial charge in [-0.15, -0.1) is 22.0 Å². The number of amides is 2. The van der Waals surface area contributed by atoms with E-state index in [0.717, 1.165) is 33.0 Å². The first-order valence-electron chi connectivity index (χ1n) is 8.46. The monoisotopic (exact) mass is 423 g/mol. The number of nitrogens with one attached hydrogen (secondary N) is 1. The fraction of sp³-hybridized carbons (Fsp3) is 0.412. The molecule has 0 saturated carbocycles. The van der Waals surface area contributed by atoms with Crippen LogP contribution in [0, 0.1) is 0 Å². The number of carbonyl (C=O) groups is 2. The van der Waals surface area contributed by atoms with E-state index in [1.54, 1.807) is 18.8 Å². The summed E-state index contributed by atoms with van der Waals surface area (Å²) in [4.78, 5) is 29.2. The van der Waals surface area contributed by atoms with E-state index in [-0.39, 0.29) is 11.8 Å². The summed E-state index contributed by atoms with van der Waals surface area (Å²) in [5.74, 6) is 0.385. The largest absolute Gasteiger partial charge is 0.358 e. The van der Waals surface area contributed by atoms with Gasteiger partial charge in [0, 0.05) is 38.1 Å². The number of hydrogen-bond acceptors (Lipinski definition) is 8. The van der Waals surface area contributed by atoms with E-state index in [0.29, 0.717) is 18.8 Å². The smallest absolute Gasteiger partial charge is 0.255 e. The van der Waals surface area contributed by atoms with Gasteiger partial charge in [-0.2, -0.15) is 0 Å². The van der Waals surface area contributed by atoms with Gasteiger partial charge in [-0.05, 0) is 18.4 Å². The van der Waals surface area contributed by atoms with Gasteiger partial charge in [0.2, 0.25) is 11.0 Å². The number of aromatic nitrogens is 2. The van der Waals surface area contributed by atoms with Gasteiger partial charge in [0.25, 0.3) is 5.91 Å². The summed E-state index contributed by atoms with van der Waals surface area (Å²) < 4.78 is 0.779. The van der Waals surface area contributed by atoms with Gasteiger partial charge in [-0.25, -0.2) is 0 Å². The standard InChI is InChI=1S/C17H21N5O2S3/c1-18-14(23)11-26-17-20-19-16(27-17)22-9-7-21(8-10-22)15(24)12-5-3-4-6-13(12)25-2/h3-6H,7-11H2,1-2H3,(H,18,23). The molecule has 0 bridgehead atoms.